The number of aryl methyl sites for hydroxylation is 1. The summed E-state index contributed by atoms with van der Waals surface area (Å²) in [6.07, 6.45) is 7.16. The first kappa shape index (κ1) is 13.9. The second kappa shape index (κ2) is 6.07. The highest BCUT2D eigenvalue weighted by molar-refractivity contribution is 5.58. The molecule has 0 aliphatic rings. The van der Waals surface area contributed by atoms with Crippen molar-refractivity contribution in [1.29, 1.82) is 0 Å². The van der Waals surface area contributed by atoms with E-state index >= 15 is 0 Å². The molecule has 20 heavy (non-hydrogen) atoms. The van der Waals surface area contributed by atoms with Crippen molar-refractivity contribution in [3.8, 4) is 18.2 Å². The maximum Gasteiger partial charge on any atom is 0.230 e. The minimum absolute atomic E-state index is 0.0739. The fourth-order valence-electron chi connectivity index (χ4n) is 1.78. The molecule has 1 aromatic carbocycles. The van der Waals surface area contributed by atoms with Gasteiger partial charge in [-0.05, 0) is 44.5 Å². The van der Waals surface area contributed by atoms with Gasteiger partial charge in [0.25, 0.3) is 0 Å². The van der Waals surface area contributed by atoms with E-state index in [-0.39, 0.29) is 6.10 Å². The molecule has 1 aromatic heterocycles. The van der Waals surface area contributed by atoms with Crippen molar-refractivity contribution in [3.63, 3.8) is 0 Å². The molecule has 4 heteroatoms. The van der Waals surface area contributed by atoms with Crippen molar-refractivity contribution in [2.24, 2.45) is 0 Å². The van der Waals surface area contributed by atoms with E-state index < -0.39 is 0 Å². The minimum Gasteiger partial charge on any atom is -0.475 e. The van der Waals surface area contributed by atoms with Crippen LogP contribution in [0.15, 0.2) is 30.5 Å². The lowest BCUT2D eigenvalue weighted by Gasteiger charge is -2.10. The molecule has 0 unspecified atom stereocenters. The van der Waals surface area contributed by atoms with Crippen LogP contribution in [0, 0.1) is 19.3 Å². The van der Waals surface area contributed by atoms with Crippen LogP contribution in [-0.2, 0) is 0 Å². The monoisotopic (exact) mass is 267 g/mol. The van der Waals surface area contributed by atoms with Crippen LogP contribution < -0.4 is 10.1 Å². The molecule has 2 rings (SSSR count). The molecule has 0 radical (unpaired) electrons. The predicted octanol–water partition coefficient (Wildman–Crippen LogP) is 3.30. The molecule has 2 aromatic rings. The van der Waals surface area contributed by atoms with E-state index in [1.54, 1.807) is 12.3 Å². The van der Waals surface area contributed by atoms with E-state index in [1.165, 1.54) is 0 Å². The Hall–Kier alpha value is -2.54. The molecule has 0 aliphatic heterocycles. The number of aromatic nitrogens is 2. The average Bonchev–Trinajstić information content (AvgIpc) is 2.37. The van der Waals surface area contributed by atoms with Crippen LogP contribution in [0.25, 0.3) is 0 Å². The number of nitrogens with zero attached hydrogens (tertiary/aromatic N) is 2. The molecular formula is C16H17N3O. The lowest BCUT2D eigenvalue weighted by Crippen LogP contribution is -2.08. The Morgan fingerprint density at radius 3 is 2.80 bits per heavy atom. The fourth-order valence-corrected chi connectivity index (χ4v) is 1.78. The predicted molar refractivity (Wildman–Crippen MR) is 80.2 cm³/mol. The average molecular weight is 267 g/mol. The van der Waals surface area contributed by atoms with Crippen LogP contribution in [0.5, 0.6) is 5.88 Å². The van der Waals surface area contributed by atoms with Crippen LogP contribution in [-0.4, -0.2) is 16.1 Å². The molecule has 0 atom stereocenters. The van der Waals surface area contributed by atoms with Gasteiger partial charge in [-0.3, -0.25) is 0 Å². The number of rotatable bonds is 4. The van der Waals surface area contributed by atoms with Gasteiger partial charge in [0.2, 0.25) is 11.8 Å². The van der Waals surface area contributed by atoms with Gasteiger partial charge in [-0.1, -0.05) is 5.92 Å². The Balaban J connectivity index is 2.22. The Kier molecular flexibility index (Phi) is 4.21. The smallest absolute Gasteiger partial charge is 0.230 e. The molecule has 0 bridgehead atoms. The Bertz CT molecular complexity index is 644. The van der Waals surface area contributed by atoms with Gasteiger partial charge in [-0.25, -0.2) is 4.98 Å². The SMILES string of the molecule is C#Cc1cc(C)cc(Nc2nccc(OC(C)C)n2)c1. The van der Waals surface area contributed by atoms with Gasteiger partial charge in [0.05, 0.1) is 6.10 Å². The van der Waals surface area contributed by atoms with E-state index in [4.69, 9.17) is 11.2 Å². The zero-order valence-electron chi connectivity index (χ0n) is 11.8. The molecular weight excluding hydrogens is 250 g/mol. The van der Waals surface area contributed by atoms with Crippen molar-refractivity contribution >= 4 is 11.6 Å². The largest absolute Gasteiger partial charge is 0.475 e. The van der Waals surface area contributed by atoms with Crippen molar-refractivity contribution in [3.05, 3.63) is 41.6 Å². The summed E-state index contributed by atoms with van der Waals surface area (Å²) in [4.78, 5) is 8.47. The lowest BCUT2D eigenvalue weighted by atomic mass is 10.1. The number of benzene rings is 1. The number of ether oxygens (including phenoxy) is 1. The highest BCUT2D eigenvalue weighted by Crippen LogP contribution is 2.18. The molecule has 0 aliphatic carbocycles. The third-order valence-corrected chi connectivity index (χ3v) is 2.49. The molecule has 0 amide bonds. The van der Waals surface area contributed by atoms with Gasteiger partial charge in [0, 0.05) is 23.5 Å². The first-order valence-corrected chi connectivity index (χ1v) is 6.42. The standard InChI is InChI=1S/C16H17N3O/c1-5-13-8-12(4)9-14(10-13)18-16-17-7-6-15(19-16)20-11(2)3/h1,6-11H,2-4H3,(H,17,18,19). The van der Waals surface area contributed by atoms with E-state index in [2.05, 4.69) is 21.2 Å². The Morgan fingerprint density at radius 1 is 1.30 bits per heavy atom. The number of anilines is 2. The van der Waals surface area contributed by atoms with Crippen molar-refractivity contribution in [1.82, 2.24) is 9.97 Å². The number of terminal acetylenes is 1. The summed E-state index contributed by atoms with van der Waals surface area (Å²) in [6, 6.07) is 7.55. The highest BCUT2D eigenvalue weighted by atomic mass is 16.5. The quantitative estimate of drug-likeness (QED) is 0.863. The van der Waals surface area contributed by atoms with Crippen LogP contribution in [0.1, 0.15) is 25.0 Å². The van der Waals surface area contributed by atoms with E-state index in [9.17, 15) is 0 Å². The van der Waals surface area contributed by atoms with Crippen molar-refractivity contribution < 1.29 is 4.74 Å². The van der Waals surface area contributed by atoms with E-state index in [0.29, 0.717) is 11.8 Å². The number of hydrogen-bond acceptors (Lipinski definition) is 4. The minimum atomic E-state index is 0.0739. The molecule has 0 spiro atoms. The summed E-state index contributed by atoms with van der Waals surface area (Å²) in [6.45, 7) is 5.90. The summed E-state index contributed by atoms with van der Waals surface area (Å²) in [5.41, 5.74) is 2.76. The molecule has 0 saturated heterocycles. The maximum absolute atomic E-state index is 5.54. The third kappa shape index (κ3) is 3.72. The first-order chi connectivity index (χ1) is 9.56. The zero-order chi connectivity index (χ0) is 14.5. The molecule has 1 N–H and O–H groups in total. The Labute approximate surface area is 119 Å². The second-order valence-corrected chi connectivity index (χ2v) is 4.74. The highest BCUT2D eigenvalue weighted by Gasteiger charge is 2.04. The topological polar surface area (TPSA) is 47.0 Å². The maximum atomic E-state index is 5.54. The van der Waals surface area contributed by atoms with Gasteiger partial charge in [0.15, 0.2) is 0 Å². The summed E-state index contributed by atoms with van der Waals surface area (Å²) >= 11 is 0. The molecule has 0 saturated carbocycles. The van der Waals surface area contributed by atoms with Crippen LogP contribution in [0.3, 0.4) is 0 Å². The summed E-state index contributed by atoms with van der Waals surface area (Å²) in [7, 11) is 0. The summed E-state index contributed by atoms with van der Waals surface area (Å²) in [5.74, 6) is 3.65. The Morgan fingerprint density at radius 2 is 2.10 bits per heavy atom. The fraction of sp³-hybridized carbons (Fsp3) is 0.250. The third-order valence-electron chi connectivity index (χ3n) is 2.49. The molecule has 0 fully saturated rings. The van der Waals surface area contributed by atoms with Gasteiger partial charge < -0.3 is 10.1 Å². The van der Waals surface area contributed by atoms with Gasteiger partial charge in [-0.2, -0.15) is 4.98 Å². The van der Waals surface area contributed by atoms with Crippen LogP contribution >= 0.6 is 0 Å². The van der Waals surface area contributed by atoms with Gasteiger partial charge in [-0.15, -0.1) is 6.42 Å². The van der Waals surface area contributed by atoms with Gasteiger partial charge in [0.1, 0.15) is 0 Å². The van der Waals surface area contributed by atoms with E-state index in [0.717, 1.165) is 16.8 Å². The molecule has 1 heterocycles. The first-order valence-electron chi connectivity index (χ1n) is 6.42. The molecule has 4 nitrogen and oxygen atoms in total. The van der Waals surface area contributed by atoms with E-state index in [1.807, 2.05) is 39.0 Å². The number of nitrogens with one attached hydrogen (secondary N) is 1. The van der Waals surface area contributed by atoms with Gasteiger partial charge >= 0.3 is 0 Å². The van der Waals surface area contributed by atoms with Crippen molar-refractivity contribution in [2.75, 3.05) is 5.32 Å². The van der Waals surface area contributed by atoms with Crippen molar-refractivity contribution in [2.45, 2.75) is 26.9 Å². The zero-order valence-corrected chi connectivity index (χ0v) is 11.8. The number of hydrogen-bond donors (Lipinski definition) is 1. The molecule has 102 valence electrons. The summed E-state index contributed by atoms with van der Waals surface area (Å²) in [5, 5.41) is 3.14. The van der Waals surface area contributed by atoms with Crippen LogP contribution in [0.2, 0.25) is 0 Å². The second-order valence-electron chi connectivity index (χ2n) is 4.74. The van der Waals surface area contributed by atoms with Crippen LogP contribution in [0.4, 0.5) is 11.6 Å². The lowest BCUT2D eigenvalue weighted by molar-refractivity contribution is 0.232. The summed E-state index contributed by atoms with van der Waals surface area (Å²) < 4.78 is 5.54. The normalized spacial score (nSPS) is 10.2.